The maximum absolute atomic E-state index is 13.0. The highest BCUT2D eigenvalue weighted by atomic mass is 32.9. The Kier molecular flexibility index (Phi) is 10.3. The molecule has 10 nitrogen and oxygen atoms in total. The normalized spacial score (nSPS) is 25.6. The number of H-pyrrole nitrogens is 1. The van der Waals surface area contributed by atoms with E-state index in [4.69, 9.17) is 39.8 Å². The van der Waals surface area contributed by atoms with Crippen LogP contribution in [0, 0.1) is 6.92 Å². The van der Waals surface area contributed by atoms with Crippen molar-refractivity contribution in [3.63, 3.8) is 0 Å². The summed E-state index contributed by atoms with van der Waals surface area (Å²) in [5, 5.41) is 0.170. The molecule has 0 spiro atoms. The number of nitrogens with one attached hydrogen (secondary N) is 1. The van der Waals surface area contributed by atoms with Crippen LogP contribution in [0.2, 0.25) is 0 Å². The van der Waals surface area contributed by atoms with Crippen molar-refractivity contribution >= 4 is 28.9 Å². The van der Waals surface area contributed by atoms with Gasteiger partial charge in [0.05, 0.1) is 33.0 Å². The van der Waals surface area contributed by atoms with Crippen molar-refractivity contribution in [1.29, 1.82) is 0 Å². The van der Waals surface area contributed by atoms with Gasteiger partial charge in [-0.3, -0.25) is 14.3 Å². The number of aromatic nitrogens is 2. The molecule has 1 aromatic heterocycles. The average molecular weight is 711 g/mol. The highest BCUT2D eigenvalue weighted by Crippen LogP contribution is 2.70. The van der Waals surface area contributed by atoms with Crippen LogP contribution in [0.25, 0.3) is 0 Å². The van der Waals surface area contributed by atoms with Gasteiger partial charge in [-0.25, -0.2) is 4.79 Å². The van der Waals surface area contributed by atoms with Gasteiger partial charge in [0.1, 0.15) is 29.4 Å². The SMILES string of the molecule is COc1ccc(C(OC[C@H]2O[C@@H](n3cc(C)c(=O)[nH]c3=O)C[C@@H]2OP2(=S)O[C@H](C)[C@H](C)S2)(c2ccccc2)c2ccc(OC)cc2)cc1. The number of rotatable bonds is 11. The molecule has 2 fully saturated rings. The van der Waals surface area contributed by atoms with E-state index >= 15 is 0 Å². The van der Waals surface area contributed by atoms with Crippen LogP contribution in [0.5, 0.6) is 11.5 Å². The molecule has 13 heteroatoms. The second-order valence-corrected chi connectivity index (χ2v) is 18.4. The third-order valence-electron chi connectivity index (χ3n) is 8.79. The summed E-state index contributed by atoms with van der Waals surface area (Å²) >= 11 is 7.49. The van der Waals surface area contributed by atoms with Gasteiger partial charge in [0.15, 0.2) is 0 Å². The molecule has 0 aliphatic carbocycles. The molecule has 0 amide bonds. The number of methoxy groups -OCH3 is 2. The Balaban J connectivity index is 1.42. The van der Waals surface area contributed by atoms with Crippen LogP contribution in [0.15, 0.2) is 94.6 Å². The molecule has 0 bridgehead atoms. The van der Waals surface area contributed by atoms with E-state index in [9.17, 15) is 9.59 Å². The molecule has 254 valence electrons. The van der Waals surface area contributed by atoms with Gasteiger partial charge in [0.2, 0.25) is 5.69 Å². The van der Waals surface area contributed by atoms with Crippen LogP contribution < -0.4 is 20.7 Å². The zero-order valence-electron chi connectivity index (χ0n) is 27.4. The first-order chi connectivity index (χ1) is 23.0. The lowest BCUT2D eigenvalue weighted by Crippen LogP contribution is -2.38. The molecule has 3 aromatic carbocycles. The van der Waals surface area contributed by atoms with E-state index < -0.39 is 41.0 Å². The van der Waals surface area contributed by atoms with E-state index in [0.29, 0.717) is 23.5 Å². The lowest BCUT2D eigenvalue weighted by molar-refractivity contribution is -0.0916. The number of aromatic amines is 1. The third kappa shape index (κ3) is 6.93. The van der Waals surface area contributed by atoms with Gasteiger partial charge in [0.25, 0.3) is 5.56 Å². The highest BCUT2D eigenvalue weighted by molar-refractivity contribution is 8.68. The average Bonchev–Trinajstić information content (AvgIpc) is 3.60. The molecule has 0 radical (unpaired) electrons. The predicted molar refractivity (Wildman–Crippen MR) is 190 cm³/mol. The van der Waals surface area contributed by atoms with Crippen LogP contribution in [-0.4, -0.2) is 53.9 Å². The Bertz CT molecular complexity index is 1820. The van der Waals surface area contributed by atoms with Gasteiger partial charge in [-0.1, -0.05) is 72.9 Å². The fraction of sp³-hybridized carbons (Fsp3) is 0.371. The smallest absolute Gasteiger partial charge is 0.330 e. The zero-order valence-corrected chi connectivity index (χ0v) is 29.9. The second-order valence-electron chi connectivity index (χ2n) is 11.9. The number of benzene rings is 3. The minimum Gasteiger partial charge on any atom is -0.497 e. The third-order valence-corrected chi connectivity index (χ3v) is 14.5. The molecule has 2 saturated heterocycles. The lowest BCUT2D eigenvalue weighted by atomic mass is 9.80. The Morgan fingerprint density at radius 3 is 2.06 bits per heavy atom. The summed E-state index contributed by atoms with van der Waals surface area (Å²) in [5.41, 5.74) is -1.83. The second kappa shape index (κ2) is 14.3. The summed E-state index contributed by atoms with van der Waals surface area (Å²) in [6.45, 7) is 5.77. The van der Waals surface area contributed by atoms with Gasteiger partial charge in [0, 0.05) is 23.4 Å². The van der Waals surface area contributed by atoms with Crippen molar-refractivity contribution in [1.82, 2.24) is 9.55 Å². The minimum atomic E-state index is -2.73. The summed E-state index contributed by atoms with van der Waals surface area (Å²) in [5.74, 6) is 1.43. The number of ether oxygens (including phenoxy) is 4. The summed E-state index contributed by atoms with van der Waals surface area (Å²) < 4.78 is 38.9. The monoisotopic (exact) mass is 710 g/mol. The first kappa shape index (κ1) is 34.6. The molecule has 6 atom stereocenters. The highest BCUT2D eigenvalue weighted by Gasteiger charge is 2.47. The van der Waals surface area contributed by atoms with Crippen LogP contribution in [0.3, 0.4) is 0 Å². The van der Waals surface area contributed by atoms with Gasteiger partial charge in [-0.15, -0.1) is 0 Å². The van der Waals surface area contributed by atoms with Gasteiger partial charge in [-0.05, 0) is 66.6 Å². The lowest BCUT2D eigenvalue weighted by Gasteiger charge is -2.37. The molecular formula is C35H39N2O8PS2. The number of hydrogen-bond acceptors (Lipinski definition) is 10. The molecule has 0 saturated carbocycles. The first-order valence-electron chi connectivity index (χ1n) is 15.7. The molecule has 6 rings (SSSR count). The standard InChI is InChI=1S/C35H39N2O8PS2/c1-22-20-37(34(39)36-33(22)38)32-19-30(45-46(47)44-23(2)24(3)48-46)31(43-32)21-42-35(25-9-7-6-8-10-25,26-11-15-28(40-4)16-12-26)27-13-17-29(41-5)18-14-27/h6-18,20,23-24,30-32H,19,21H2,1-5H3,(H,36,38,39)/t23-,24+,30+,31-,32-,46?/m1/s1. The minimum absolute atomic E-state index is 0.0611. The quantitative estimate of drug-likeness (QED) is 0.141. The van der Waals surface area contributed by atoms with Gasteiger partial charge < -0.3 is 28.0 Å². The van der Waals surface area contributed by atoms with E-state index in [1.807, 2.05) is 85.8 Å². The van der Waals surface area contributed by atoms with Crippen LogP contribution in [0.4, 0.5) is 0 Å². The van der Waals surface area contributed by atoms with Crippen molar-refractivity contribution in [2.24, 2.45) is 0 Å². The molecule has 48 heavy (non-hydrogen) atoms. The number of aryl methyl sites for hydroxylation is 1. The summed E-state index contributed by atoms with van der Waals surface area (Å²) in [6, 6.07) is 25.5. The van der Waals surface area contributed by atoms with Crippen LogP contribution in [0.1, 0.15) is 48.8 Å². The van der Waals surface area contributed by atoms with E-state index in [1.165, 1.54) is 22.1 Å². The molecule has 3 heterocycles. The van der Waals surface area contributed by atoms with Gasteiger partial charge >= 0.3 is 5.69 Å². The Morgan fingerprint density at radius 2 is 1.52 bits per heavy atom. The van der Waals surface area contributed by atoms with Crippen molar-refractivity contribution in [2.75, 3.05) is 20.8 Å². The Hall–Kier alpha value is -3.22. The van der Waals surface area contributed by atoms with Crippen molar-refractivity contribution in [3.05, 3.63) is 128 Å². The summed E-state index contributed by atoms with van der Waals surface area (Å²) in [4.78, 5) is 27.5. The van der Waals surface area contributed by atoms with Crippen molar-refractivity contribution in [2.45, 2.75) is 62.6 Å². The van der Waals surface area contributed by atoms with E-state index in [1.54, 1.807) is 21.1 Å². The topological polar surface area (TPSA) is 110 Å². The summed E-state index contributed by atoms with van der Waals surface area (Å²) in [6.07, 6.45) is -0.195. The van der Waals surface area contributed by atoms with E-state index in [0.717, 1.165) is 16.7 Å². The molecule has 2 aliphatic rings. The first-order valence-corrected chi connectivity index (χ1v) is 19.8. The molecule has 1 unspecified atom stereocenters. The van der Waals surface area contributed by atoms with Crippen LogP contribution >= 0.6 is 17.1 Å². The van der Waals surface area contributed by atoms with E-state index in [-0.39, 0.29) is 18.0 Å². The maximum atomic E-state index is 13.0. The van der Waals surface area contributed by atoms with E-state index in [2.05, 4.69) is 11.9 Å². The van der Waals surface area contributed by atoms with Gasteiger partial charge in [-0.2, -0.15) is 0 Å². The largest absolute Gasteiger partial charge is 0.497 e. The predicted octanol–water partition coefficient (Wildman–Crippen LogP) is 6.31. The van der Waals surface area contributed by atoms with Crippen molar-refractivity contribution < 1.29 is 28.0 Å². The number of nitrogens with zero attached hydrogens (tertiary/aromatic N) is 1. The summed E-state index contributed by atoms with van der Waals surface area (Å²) in [7, 11) is 3.26. The number of hydrogen-bond donors (Lipinski definition) is 1. The Labute approximate surface area is 288 Å². The fourth-order valence-corrected chi connectivity index (χ4v) is 12.8. The van der Waals surface area contributed by atoms with Crippen LogP contribution in [-0.2, 0) is 35.9 Å². The molecule has 4 aromatic rings. The fourth-order valence-electron chi connectivity index (χ4n) is 6.03. The maximum Gasteiger partial charge on any atom is 0.330 e. The molecule has 1 N–H and O–H groups in total. The zero-order chi connectivity index (χ0) is 34.1. The van der Waals surface area contributed by atoms with Crippen molar-refractivity contribution in [3.8, 4) is 11.5 Å². The molecule has 2 aliphatic heterocycles. The Morgan fingerprint density at radius 1 is 0.938 bits per heavy atom. The molecular weight excluding hydrogens is 671 g/mol.